The van der Waals surface area contributed by atoms with Crippen LogP contribution in [0.1, 0.15) is 25.0 Å². The molecular formula is C21H24N2O4. The topological polar surface area (TPSA) is 71.8 Å². The molecule has 0 spiro atoms. The van der Waals surface area contributed by atoms with Crippen molar-refractivity contribution in [2.24, 2.45) is 0 Å². The maximum Gasteiger partial charge on any atom is 0.260 e. The van der Waals surface area contributed by atoms with Crippen molar-refractivity contribution in [3.8, 4) is 23.3 Å². The average molecular weight is 368 g/mol. The number of amides is 1. The predicted molar refractivity (Wildman–Crippen MR) is 102 cm³/mol. The molecule has 142 valence electrons. The number of rotatable bonds is 9. The van der Waals surface area contributed by atoms with Gasteiger partial charge in [0.05, 0.1) is 25.3 Å². The van der Waals surface area contributed by atoms with Crippen LogP contribution < -0.4 is 14.2 Å². The fourth-order valence-corrected chi connectivity index (χ4v) is 2.54. The van der Waals surface area contributed by atoms with E-state index >= 15 is 0 Å². The molecule has 0 bridgehead atoms. The number of nitrogens with zero attached hydrogens (tertiary/aromatic N) is 2. The zero-order valence-electron chi connectivity index (χ0n) is 15.9. The molecular weight excluding hydrogens is 344 g/mol. The zero-order valence-corrected chi connectivity index (χ0v) is 15.9. The number of likely N-dealkylation sites (N-methyl/N-ethyl adjacent to an activating group) is 1. The molecule has 0 saturated carbocycles. The van der Waals surface area contributed by atoms with Crippen LogP contribution in [-0.2, 0) is 11.3 Å². The highest BCUT2D eigenvalue weighted by Crippen LogP contribution is 2.28. The minimum atomic E-state index is -0.116. The summed E-state index contributed by atoms with van der Waals surface area (Å²) < 4.78 is 16.4. The summed E-state index contributed by atoms with van der Waals surface area (Å²) >= 11 is 0. The van der Waals surface area contributed by atoms with E-state index in [-0.39, 0.29) is 12.5 Å². The van der Waals surface area contributed by atoms with Crippen molar-refractivity contribution in [3.63, 3.8) is 0 Å². The molecule has 0 aliphatic rings. The number of carbonyl (C=O) groups excluding carboxylic acids is 1. The Kier molecular flexibility index (Phi) is 7.50. The first-order valence-corrected chi connectivity index (χ1v) is 8.81. The van der Waals surface area contributed by atoms with Gasteiger partial charge in [0.2, 0.25) is 0 Å². The molecule has 2 rings (SSSR count). The van der Waals surface area contributed by atoms with E-state index in [9.17, 15) is 4.79 Å². The van der Waals surface area contributed by atoms with Gasteiger partial charge in [-0.05, 0) is 55.8 Å². The number of carbonyl (C=O) groups is 1. The molecule has 1 amide bonds. The van der Waals surface area contributed by atoms with Crippen LogP contribution in [0.4, 0.5) is 0 Å². The summed E-state index contributed by atoms with van der Waals surface area (Å²) in [5, 5.41) is 8.81. The van der Waals surface area contributed by atoms with E-state index < -0.39 is 0 Å². The van der Waals surface area contributed by atoms with Crippen molar-refractivity contribution >= 4 is 5.91 Å². The molecule has 0 fully saturated rings. The summed E-state index contributed by atoms with van der Waals surface area (Å²) in [6.07, 6.45) is 0. The van der Waals surface area contributed by atoms with Crippen LogP contribution in [0.15, 0.2) is 42.5 Å². The fourth-order valence-electron chi connectivity index (χ4n) is 2.54. The smallest absolute Gasteiger partial charge is 0.260 e. The lowest BCUT2D eigenvalue weighted by molar-refractivity contribution is -0.133. The van der Waals surface area contributed by atoms with Gasteiger partial charge in [0, 0.05) is 13.1 Å². The Hall–Kier alpha value is -3.20. The highest BCUT2D eigenvalue weighted by atomic mass is 16.5. The van der Waals surface area contributed by atoms with Crippen molar-refractivity contribution in [2.45, 2.75) is 20.4 Å². The third-order valence-electron chi connectivity index (χ3n) is 3.98. The standard InChI is InChI=1S/C21H24N2O4/c1-4-23(14-17-8-11-19(26-5-2)20(12-17)25-3)21(24)15-27-18-9-6-16(13-22)7-10-18/h6-12H,4-5,14-15H2,1-3H3. The van der Waals surface area contributed by atoms with E-state index in [1.807, 2.05) is 38.1 Å². The first-order valence-electron chi connectivity index (χ1n) is 8.81. The van der Waals surface area contributed by atoms with E-state index in [1.54, 1.807) is 36.3 Å². The van der Waals surface area contributed by atoms with E-state index in [1.165, 1.54) is 0 Å². The number of methoxy groups -OCH3 is 1. The van der Waals surface area contributed by atoms with Crippen LogP contribution in [0, 0.1) is 11.3 Å². The molecule has 0 unspecified atom stereocenters. The first-order chi connectivity index (χ1) is 13.1. The van der Waals surface area contributed by atoms with Crippen molar-refractivity contribution < 1.29 is 19.0 Å². The lowest BCUT2D eigenvalue weighted by Crippen LogP contribution is -2.34. The quantitative estimate of drug-likeness (QED) is 0.678. The minimum Gasteiger partial charge on any atom is -0.493 e. The van der Waals surface area contributed by atoms with Gasteiger partial charge < -0.3 is 19.1 Å². The summed E-state index contributed by atoms with van der Waals surface area (Å²) in [5.41, 5.74) is 1.50. The Morgan fingerprint density at radius 2 is 1.81 bits per heavy atom. The Labute approximate surface area is 159 Å². The Morgan fingerprint density at radius 1 is 1.07 bits per heavy atom. The molecule has 6 nitrogen and oxygen atoms in total. The summed E-state index contributed by atoms with van der Waals surface area (Å²) in [5.74, 6) is 1.77. The Bertz CT molecular complexity index is 797. The number of benzene rings is 2. The summed E-state index contributed by atoms with van der Waals surface area (Å²) in [7, 11) is 1.59. The molecule has 6 heteroatoms. The van der Waals surface area contributed by atoms with Crippen LogP contribution >= 0.6 is 0 Å². The second-order valence-corrected chi connectivity index (χ2v) is 5.75. The molecule has 0 N–H and O–H groups in total. The molecule has 0 heterocycles. The first kappa shape index (κ1) is 20.1. The largest absolute Gasteiger partial charge is 0.493 e. The molecule has 2 aromatic rings. The van der Waals surface area contributed by atoms with Crippen molar-refractivity contribution in [1.82, 2.24) is 4.90 Å². The zero-order chi connectivity index (χ0) is 19.6. The average Bonchev–Trinajstić information content (AvgIpc) is 2.71. The van der Waals surface area contributed by atoms with Crippen LogP contribution in [0.2, 0.25) is 0 Å². The maximum atomic E-state index is 12.5. The fraction of sp³-hybridized carbons (Fsp3) is 0.333. The number of hydrogen-bond donors (Lipinski definition) is 0. The van der Waals surface area contributed by atoms with Gasteiger partial charge in [-0.2, -0.15) is 5.26 Å². The van der Waals surface area contributed by atoms with E-state index in [0.29, 0.717) is 42.5 Å². The van der Waals surface area contributed by atoms with Crippen LogP contribution in [0.25, 0.3) is 0 Å². The van der Waals surface area contributed by atoms with Crippen LogP contribution in [0.3, 0.4) is 0 Å². The summed E-state index contributed by atoms with van der Waals surface area (Å²) in [6, 6.07) is 14.4. The molecule has 0 saturated heterocycles. The van der Waals surface area contributed by atoms with E-state index in [2.05, 4.69) is 0 Å². The lowest BCUT2D eigenvalue weighted by Gasteiger charge is -2.22. The minimum absolute atomic E-state index is 0.0616. The van der Waals surface area contributed by atoms with Gasteiger partial charge in [0.1, 0.15) is 5.75 Å². The SMILES string of the molecule is CCOc1ccc(CN(CC)C(=O)COc2ccc(C#N)cc2)cc1OC. The Morgan fingerprint density at radius 3 is 2.41 bits per heavy atom. The second-order valence-electron chi connectivity index (χ2n) is 5.75. The van der Waals surface area contributed by atoms with Crippen molar-refractivity contribution in [3.05, 3.63) is 53.6 Å². The van der Waals surface area contributed by atoms with Crippen LogP contribution in [0.5, 0.6) is 17.2 Å². The van der Waals surface area contributed by atoms with E-state index in [4.69, 9.17) is 19.5 Å². The van der Waals surface area contributed by atoms with Gasteiger partial charge in [-0.3, -0.25) is 4.79 Å². The van der Waals surface area contributed by atoms with Crippen molar-refractivity contribution in [1.29, 1.82) is 5.26 Å². The predicted octanol–water partition coefficient (Wildman–Crippen LogP) is 3.39. The van der Waals surface area contributed by atoms with Gasteiger partial charge in [-0.1, -0.05) is 6.07 Å². The summed E-state index contributed by atoms with van der Waals surface area (Å²) in [4.78, 5) is 14.2. The van der Waals surface area contributed by atoms with Gasteiger partial charge in [-0.15, -0.1) is 0 Å². The molecule has 0 aromatic heterocycles. The third-order valence-corrected chi connectivity index (χ3v) is 3.98. The third kappa shape index (κ3) is 5.65. The monoisotopic (exact) mass is 368 g/mol. The Balaban J connectivity index is 1.98. The molecule has 0 radical (unpaired) electrons. The number of ether oxygens (including phenoxy) is 3. The highest BCUT2D eigenvalue weighted by Gasteiger charge is 2.14. The highest BCUT2D eigenvalue weighted by molar-refractivity contribution is 5.77. The molecule has 0 atom stereocenters. The van der Waals surface area contributed by atoms with E-state index in [0.717, 1.165) is 5.56 Å². The van der Waals surface area contributed by atoms with Gasteiger partial charge in [0.25, 0.3) is 5.91 Å². The number of hydrogen-bond acceptors (Lipinski definition) is 5. The molecule has 0 aliphatic carbocycles. The normalized spacial score (nSPS) is 10.0. The second kappa shape index (κ2) is 10.1. The van der Waals surface area contributed by atoms with Crippen LogP contribution in [-0.4, -0.2) is 37.7 Å². The van der Waals surface area contributed by atoms with Gasteiger partial charge in [0.15, 0.2) is 18.1 Å². The molecule has 27 heavy (non-hydrogen) atoms. The van der Waals surface area contributed by atoms with Crippen molar-refractivity contribution in [2.75, 3.05) is 26.9 Å². The van der Waals surface area contributed by atoms with Gasteiger partial charge >= 0.3 is 0 Å². The van der Waals surface area contributed by atoms with Gasteiger partial charge in [-0.25, -0.2) is 0 Å². The maximum absolute atomic E-state index is 12.5. The number of nitriles is 1. The lowest BCUT2D eigenvalue weighted by atomic mass is 10.2. The summed E-state index contributed by atoms with van der Waals surface area (Å²) in [6.45, 7) is 5.35. The molecule has 2 aromatic carbocycles. The molecule has 0 aliphatic heterocycles.